The van der Waals surface area contributed by atoms with Crippen molar-refractivity contribution in [3.63, 3.8) is 0 Å². The van der Waals surface area contributed by atoms with E-state index in [1.165, 1.54) is 0 Å². The van der Waals surface area contributed by atoms with Crippen molar-refractivity contribution in [1.82, 2.24) is 20.4 Å². The van der Waals surface area contributed by atoms with Gasteiger partial charge < -0.3 is 20.3 Å². The number of nitrogens with zero attached hydrogens (tertiary/aromatic N) is 3. The van der Waals surface area contributed by atoms with Crippen LogP contribution >= 0.6 is 0 Å². The fourth-order valence-electron chi connectivity index (χ4n) is 6.21. The topological polar surface area (TPSA) is 132 Å². The molecule has 0 radical (unpaired) electrons. The van der Waals surface area contributed by atoms with Gasteiger partial charge in [0.25, 0.3) is 0 Å². The van der Waals surface area contributed by atoms with E-state index in [9.17, 15) is 24.4 Å². The van der Waals surface area contributed by atoms with Gasteiger partial charge in [0.1, 0.15) is 17.2 Å². The summed E-state index contributed by atoms with van der Waals surface area (Å²) in [5.41, 5.74) is -1.42. The first-order chi connectivity index (χ1) is 18.0. The minimum atomic E-state index is -0.806. The van der Waals surface area contributed by atoms with Crippen LogP contribution in [0.3, 0.4) is 0 Å². The Morgan fingerprint density at radius 2 is 1.95 bits per heavy atom. The van der Waals surface area contributed by atoms with Gasteiger partial charge in [-0.3, -0.25) is 19.3 Å². The third-order valence-electron chi connectivity index (χ3n) is 8.40. The predicted octanol–water partition coefficient (Wildman–Crippen LogP) is 2.72. The molecule has 4 amide bonds. The second-order valence-corrected chi connectivity index (χ2v) is 12.5. The maximum Gasteiger partial charge on any atom is 0.411 e. The van der Waals surface area contributed by atoms with Crippen molar-refractivity contribution in [1.29, 1.82) is 5.26 Å². The fourth-order valence-corrected chi connectivity index (χ4v) is 6.21. The van der Waals surface area contributed by atoms with Crippen LogP contribution < -0.4 is 10.6 Å². The SMILES string of the molecule is CC(C)(C)OC(=O)N1CCCC12CCN(CCCC(CC1CC1)C(=O)N[C@H](C#N)C[C@@H]1CCNC1=O)C2=O. The van der Waals surface area contributed by atoms with E-state index < -0.39 is 23.3 Å². The van der Waals surface area contributed by atoms with Crippen molar-refractivity contribution in [2.45, 2.75) is 102 Å². The average molecular weight is 530 g/mol. The highest BCUT2D eigenvalue weighted by atomic mass is 16.6. The van der Waals surface area contributed by atoms with Gasteiger partial charge in [-0.15, -0.1) is 0 Å². The minimum Gasteiger partial charge on any atom is -0.444 e. The molecular formula is C28H43N5O5. The van der Waals surface area contributed by atoms with Crippen molar-refractivity contribution < 1.29 is 23.9 Å². The summed E-state index contributed by atoms with van der Waals surface area (Å²) in [6, 6.07) is 1.48. The van der Waals surface area contributed by atoms with Gasteiger partial charge >= 0.3 is 6.09 Å². The quantitative estimate of drug-likeness (QED) is 0.447. The lowest BCUT2D eigenvalue weighted by molar-refractivity contribution is -0.136. The Labute approximate surface area is 225 Å². The Morgan fingerprint density at radius 1 is 1.18 bits per heavy atom. The maximum absolute atomic E-state index is 13.5. The Hall–Kier alpha value is -2.83. The molecule has 4 fully saturated rings. The molecule has 4 atom stereocenters. The number of carbonyl (C=O) groups is 4. The van der Waals surface area contributed by atoms with E-state index in [0.29, 0.717) is 70.6 Å². The number of hydrogen-bond acceptors (Lipinski definition) is 6. The van der Waals surface area contributed by atoms with Gasteiger partial charge in [0.2, 0.25) is 17.7 Å². The number of likely N-dealkylation sites (tertiary alicyclic amines) is 2. The summed E-state index contributed by atoms with van der Waals surface area (Å²) in [6.45, 7) is 7.77. The van der Waals surface area contributed by atoms with Gasteiger partial charge in [-0.05, 0) is 78.1 Å². The standard InChI is InChI=1S/C28H43N5O5/c1-27(2,3)38-26(37)33-14-5-10-28(33)11-15-32(25(28)36)13-4-6-20(16-19-7-8-19)24(35)31-22(18-29)17-21-9-12-30-23(21)34/h19-22H,4-17H2,1-3H3,(H,30,34)(H,31,35)/t20?,21-,22-,28?/m0/s1. The minimum absolute atomic E-state index is 0.0107. The van der Waals surface area contributed by atoms with Crippen LogP contribution in [-0.2, 0) is 19.1 Å². The van der Waals surface area contributed by atoms with Crippen molar-refractivity contribution >= 4 is 23.8 Å². The molecular weight excluding hydrogens is 486 g/mol. The molecule has 1 saturated carbocycles. The summed E-state index contributed by atoms with van der Waals surface area (Å²) in [4.78, 5) is 54.9. The van der Waals surface area contributed by atoms with Crippen LogP contribution in [0.4, 0.5) is 4.79 Å². The Kier molecular flexibility index (Phi) is 8.53. The van der Waals surface area contributed by atoms with Gasteiger partial charge in [-0.1, -0.05) is 12.8 Å². The zero-order valence-electron chi connectivity index (χ0n) is 23.1. The number of ether oxygens (including phenoxy) is 1. The lowest BCUT2D eigenvalue weighted by atomic mass is 9.93. The monoisotopic (exact) mass is 529 g/mol. The van der Waals surface area contributed by atoms with E-state index in [2.05, 4.69) is 16.7 Å². The summed E-state index contributed by atoms with van der Waals surface area (Å²) < 4.78 is 5.59. The second-order valence-electron chi connectivity index (χ2n) is 12.5. The predicted molar refractivity (Wildman–Crippen MR) is 139 cm³/mol. The molecule has 3 heterocycles. The maximum atomic E-state index is 13.5. The van der Waals surface area contributed by atoms with Crippen LogP contribution in [0.1, 0.15) is 85.0 Å². The number of rotatable bonds is 10. The molecule has 1 aliphatic carbocycles. The highest BCUT2D eigenvalue weighted by molar-refractivity contribution is 5.92. The van der Waals surface area contributed by atoms with E-state index in [-0.39, 0.29) is 29.6 Å². The van der Waals surface area contributed by atoms with Gasteiger partial charge in [0, 0.05) is 38.0 Å². The van der Waals surface area contributed by atoms with Crippen molar-refractivity contribution in [3.05, 3.63) is 0 Å². The van der Waals surface area contributed by atoms with Crippen LogP contribution in [0.5, 0.6) is 0 Å². The summed E-state index contributed by atoms with van der Waals surface area (Å²) >= 11 is 0. The first-order valence-corrected chi connectivity index (χ1v) is 14.3. The zero-order valence-corrected chi connectivity index (χ0v) is 23.1. The van der Waals surface area contributed by atoms with E-state index in [1.807, 2.05) is 25.7 Å². The molecule has 3 saturated heterocycles. The van der Waals surface area contributed by atoms with E-state index >= 15 is 0 Å². The summed E-state index contributed by atoms with van der Waals surface area (Å²) in [6.07, 6.45) is 7.01. The summed E-state index contributed by atoms with van der Waals surface area (Å²) in [7, 11) is 0. The van der Waals surface area contributed by atoms with Gasteiger partial charge in [0.15, 0.2) is 0 Å². The number of hydrogen-bond donors (Lipinski definition) is 2. The molecule has 0 aromatic heterocycles. The van der Waals surface area contributed by atoms with E-state index in [0.717, 1.165) is 25.7 Å². The first kappa shape index (κ1) is 28.2. The Balaban J connectivity index is 1.30. The molecule has 0 aromatic rings. The molecule has 210 valence electrons. The number of nitriles is 1. The van der Waals surface area contributed by atoms with E-state index in [1.54, 1.807) is 4.90 Å². The van der Waals surface area contributed by atoms with Crippen molar-refractivity contribution in [3.8, 4) is 6.07 Å². The molecule has 4 aliphatic rings. The van der Waals surface area contributed by atoms with Gasteiger partial charge in [-0.2, -0.15) is 5.26 Å². The summed E-state index contributed by atoms with van der Waals surface area (Å²) in [5, 5.41) is 15.3. The lowest BCUT2D eigenvalue weighted by Gasteiger charge is -2.34. The molecule has 1 spiro atoms. The van der Waals surface area contributed by atoms with Crippen LogP contribution in [0, 0.1) is 29.1 Å². The van der Waals surface area contributed by atoms with Crippen LogP contribution in [0.15, 0.2) is 0 Å². The highest BCUT2D eigenvalue weighted by Gasteiger charge is 2.55. The highest BCUT2D eigenvalue weighted by Crippen LogP contribution is 2.40. The smallest absolute Gasteiger partial charge is 0.411 e. The van der Waals surface area contributed by atoms with Crippen molar-refractivity contribution in [2.24, 2.45) is 17.8 Å². The molecule has 3 aliphatic heterocycles. The molecule has 4 rings (SSSR count). The molecule has 2 N–H and O–H groups in total. The largest absolute Gasteiger partial charge is 0.444 e. The second kappa shape index (κ2) is 11.5. The summed E-state index contributed by atoms with van der Waals surface area (Å²) in [5.74, 6) is -0.0845. The number of nitrogens with one attached hydrogen (secondary N) is 2. The number of amides is 4. The number of carbonyl (C=O) groups excluding carboxylic acids is 4. The fraction of sp³-hybridized carbons (Fsp3) is 0.821. The molecule has 10 heteroatoms. The molecule has 0 bridgehead atoms. The third-order valence-corrected chi connectivity index (χ3v) is 8.40. The van der Waals surface area contributed by atoms with Crippen LogP contribution in [0.2, 0.25) is 0 Å². The lowest BCUT2D eigenvalue weighted by Crippen LogP contribution is -2.54. The van der Waals surface area contributed by atoms with Gasteiger partial charge in [-0.25, -0.2) is 4.79 Å². The molecule has 2 unspecified atom stereocenters. The normalized spacial score (nSPS) is 26.8. The Bertz CT molecular complexity index is 968. The average Bonchev–Trinajstić information content (AvgIpc) is 3.28. The van der Waals surface area contributed by atoms with E-state index in [4.69, 9.17) is 4.74 Å². The molecule has 0 aromatic carbocycles. The third kappa shape index (κ3) is 6.59. The Morgan fingerprint density at radius 3 is 2.58 bits per heavy atom. The van der Waals surface area contributed by atoms with Crippen LogP contribution in [-0.4, -0.2) is 77.0 Å². The van der Waals surface area contributed by atoms with Gasteiger partial charge in [0.05, 0.1) is 6.07 Å². The molecule has 38 heavy (non-hydrogen) atoms. The molecule has 10 nitrogen and oxygen atoms in total. The first-order valence-electron chi connectivity index (χ1n) is 14.3. The van der Waals surface area contributed by atoms with Crippen molar-refractivity contribution in [2.75, 3.05) is 26.2 Å². The zero-order chi connectivity index (χ0) is 27.5. The van der Waals surface area contributed by atoms with Crippen LogP contribution in [0.25, 0.3) is 0 Å².